The Morgan fingerprint density at radius 1 is 1.32 bits per heavy atom. The third-order valence-corrected chi connectivity index (χ3v) is 4.84. The molecular formula is C15H21F3N2O4S. The number of carboxylic acids is 1. The Morgan fingerprint density at radius 2 is 1.96 bits per heavy atom. The molecule has 3 heterocycles. The predicted octanol–water partition coefficient (Wildman–Crippen LogP) is 2.64. The summed E-state index contributed by atoms with van der Waals surface area (Å²) in [5.41, 5.74) is 1.18. The average Bonchev–Trinajstić information content (AvgIpc) is 3.02. The van der Waals surface area contributed by atoms with Crippen LogP contribution >= 0.6 is 11.3 Å². The van der Waals surface area contributed by atoms with Crippen molar-refractivity contribution in [1.82, 2.24) is 9.88 Å². The van der Waals surface area contributed by atoms with Gasteiger partial charge in [-0.1, -0.05) is 0 Å². The molecule has 0 aliphatic carbocycles. The Balaban J connectivity index is 0.000000277. The number of alkyl halides is 3. The quantitative estimate of drug-likeness (QED) is 0.848. The van der Waals surface area contributed by atoms with Crippen molar-refractivity contribution >= 4 is 17.3 Å². The van der Waals surface area contributed by atoms with Gasteiger partial charge in [-0.2, -0.15) is 13.2 Å². The van der Waals surface area contributed by atoms with Gasteiger partial charge in [-0.25, -0.2) is 9.78 Å². The summed E-state index contributed by atoms with van der Waals surface area (Å²) in [6, 6.07) is 0.974. The number of rotatable bonds is 2. The van der Waals surface area contributed by atoms with Crippen molar-refractivity contribution in [3.8, 4) is 0 Å². The number of thiazole rings is 1. The molecule has 2 aliphatic heterocycles. The van der Waals surface area contributed by atoms with Gasteiger partial charge in [-0.05, 0) is 19.8 Å². The smallest absolute Gasteiger partial charge is 0.475 e. The molecule has 10 heteroatoms. The van der Waals surface area contributed by atoms with Gasteiger partial charge in [-0.15, -0.1) is 11.3 Å². The molecule has 0 saturated carbocycles. The van der Waals surface area contributed by atoms with Gasteiger partial charge in [0.25, 0.3) is 0 Å². The van der Waals surface area contributed by atoms with Gasteiger partial charge >= 0.3 is 12.1 Å². The molecule has 2 fully saturated rings. The number of halogens is 3. The summed E-state index contributed by atoms with van der Waals surface area (Å²) in [4.78, 5) is 16.1. The van der Waals surface area contributed by atoms with Gasteiger partial charge in [0.1, 0.15) is 0 Å². The zero-order chi connectivity index (χ0) is 18.4. The van der Waals surface area contributed by atoms with Gasteiger partial charge in [-0.3, -0.25) is 4.90 Å². The van der Waals surface area contributed by atoms with Crippen LogP contribution in [0.4, 0.5) is 13.2 Å². The van der Waals surface area contributed by atoms with E-state index in [-0.39, 0.29) is 0 Å². The average molecular weight is 382 g/mol. The predicted molar refractivity (Wildman–Crippen MR) is 84.6 cm³/mol. The fourth-order valence-corrected chi connectivity index (χ4v) is 3.52. The van der Waals surface area contributed by atoms with E-state index in [1.165, 1.54) is 5.69 Å². The fourth-order valence-electron chi connectivity index (χ4n) is 2.86. The zero-order valence-corrected chi connectivity index (χ0v) is 14.6. The molecule has 3 rings (SSSR count). The van der Waals surface area contributed by atoms with Crippen LogP contribution in [0.5, 0.6) is 0 Å². The van der Waals surface area contributed by atoms with E-state index in [1.807, 2.05) is 0 Å². The summed E-state index contributed by atoms with van der Waals surface area (Å²) in [7, 11) is 0. The molecule has 0 amide bonds. The number of morpholine rings is 1. The summed E-state index contributed by atoms with van der Waals surface area (Å²) >= 11 is 1.73. The van der Waals surface area contributed by atoms with Crippen LogP contribution in [0.3, 0.4) is 0 Å². The van der Waals surface area contributed by atoms with E-state index in [0.29, 0.717) is 12.1 Å². The molecule has 0 aromatic carbocycles. The first-order valence-electron chi connectivity index (χ1n) is 7.92. The number of carbonyl (C=O) groups is 1. The number of carboxylic acid groups (broad SMARTS) is 1. The molecule has 1 N–H and O–H groups in total. The van der Waals surface area contributed by atoms with E-state index in [0.717, 1.165) is 50.8 Å². The topological polar surface area (TPSA) is 71.9 Å². The maximum absolute atomic E-state index is 10.6. The highest BCUT2D eigenvalue weighted by Gasteiger charge is 2.38. The molecule has 0 spiro atoms. The van der Waals surface area contributed by atoms with Crippen molar-refractivity contribution in [2.75, 3.05) is 33.0 Å². The highest BCUT2D eigenvalue weighted by atomic mass is 32.1. The minimum atomic E-state index is -5.08. The van der Waals surface area contributed by atoms with E-state index in [4.69, 9.17) is 19.4 Å². The first-order chi connectivity index (χ1) is 11.8. The maximum atomic E-state index is 10.6. The Bertz CT molecular complexity index is 561. The lowest BCUT2D eigenvalue weighted by Gasteiger charge is -2.41. The lowest BCUT2D eigenvalue weighted by Crippen LogP contribution is -2.47. The SMILES string of the molecule is Cc1nc(C2COCCN2C2CCOCC2)cs1.O=C(O)C(F)(F)F. The van der Waals surface area contributed by atoms with Crippen LogP contribution in [0, 0.1) is 6.92 Å². The van der Waals surface area contributed by atoms with Gasteiger partial charge in [0.15, 0.2) is 0 Å². The third-order valence-electron chi connectivity index (χ3n) is 4.05. The molecule has 2 aliphatic rings. The Labute approximate surface area is 147 Å². The zero-order valence-electron chi connectivity index (χ0n) is 13.8. The Morgan fingerprint density at radius 3 is 2.48 bits per heavy atom. The minimum absolute atomic E-state index is 0.340. The summed E-state index contributed by atoms with van der Waals surface area (Å²) in [6.45, 7) is 6.50. The van der Waals surface area contributed by atoms with E-state index < -0.39 is 12.1 Å². The van der Waals surface area contributed by atoms with Gasteiger partial charge < -0.3 is 14.6 Å². The van der Waals surface area contributed by atoms with Crippen LogP contribution in [0.25, 0.3) is 0 Å². The highest BCUT2D eigenvalue weighted by molar-refractivity contribution is 7.09. The number of aliphatic carboxylic acids is 1. The van der Waals surface area contributed by atoms with Gasteiger partial charge in [0, 0.05) is 31.2 Å². The second kappa shape index (κ2) is 8.93. The van der Waals surface area contributed by atoms with Crippen molar-refractivity contribution in [2.24, 2.45) is 0 Å². The number of aryl methyl sites for hydroxylation is 1. The van der Waals surface area contributed by atoms with Gasteiger partial charge in [0.05, 0.1) is 30.0 Å². The van der Waals surface area contributed by atoms with Crippen LogP contribution < -0.4 is 0 Å². The normalized spacial score (nSPS) is 23.0. The maximum Gasteiger partial charge on any atom is 0.490 e. The summed E-state index contributed by atoms with van der Waals surface area (Å²) in [6.07, 6.45) is -2.81. The van der Waals surface area contributed by atoms with Crippen LogP contribution in [0.1, 0.15) is 29.6 Å². The number of hydrogen-bond acceptors (Lipinski definition) is 6. The molecule has 2 saturated heterocycles. The molecule has 1 aromatic rings. The first-order valence-corrected chi connectivity index (χ1v) is 8.80. The number of hydrogen-bond donors (Lipinski definition) is 1. The van der Waals surface area contributed by atoms with Crippen molar-refractivity contribution in [3.63, 3.8) is 0 Å². The van der Waals surface area contributed by atoms with Crippen LogP contribution in [0.15, 0.2) is 5.38 Å². The van der Waals surface area contributed by atoms with Crippen molar-refractivity contribution in [1.29, 1.82) is 0 Å². The Hall–Kier alpha value is -1.23. The molecule has 0 bridgehead atoms. The minimum Gasteiger partial charge on any atom is -0.475 e. The standard InChI is InChI=1S/C13H20N2O2S.C2HF3O2/c1-10-14-12(9-18-10)13-8-17-7-4-15(13)11-2-5-16-6-3-11;3-2(4,5)1(6)7/h9,11,13H,2-8H2,1H3;(H,6,7). The fraction of sp³-hybridized carbons (Fsp3) is 0.733. The molecule has 6 nitrogen and oxygen atoms in total. The van der Waals surface area contributed by atoms with Crippen molar-refractivity contribution < 1.29 is 32.5 Å². The summed E-state index contributed by atoms with van der Waals surface area (Å²) in [5.74, 6) is -2.76. The lowest BCUT2D eigenvalue weighted by atomic mass is 10.0. The molecular weight excluding hydrogens is 361 g/mol. The lowest BCUT2D eigenvalue weighted by molar-refractivity contribution is -0.192. The number of ether oxygens (including phenoxy) is 2. The number of nitrogens with zero attached hydrogens (tertiary/aromatic N) is 2. The highest BCUT2D eigenvalue weighted by Crippen LogP contribution is 2.30. The molecule has 1 unspecified atom stereocenters. The van der Waals surface area contributed by atoms with Crippen LogP contribution in [-0.4, -0.2) is 66.2 Å². The molecule has 142 valence electrons. The molecule has 0 radical (unpaired) electrons. The van der Waals surface area contributed by atoms with E-state index in [1.54, 1.807) is 11.3 Å². The van der Waals surface area contributed by atoms with E-state index in [2.05, 4.69) is 22.2 Å². The van der Waals surface area contributed by atoms with Crippen molar-refractivity contribution in [3.05, 3.63) is 16.1 Å². The molecule has 1 aromatic heterocycles. The molecule has 1 atom stereocenters. The second-order valence-corrected chi connectivity index (χ2v) is 6.83. The molecule has 25 heavy (non-hydrogen) atoms. The number of aromatic nitrogens is 1. The van der Waals surface area contributed by atoms with E-state index >= 15 is 0 Å². The second-order valence-electron chi connectivity index (χ2n) is 5.77. The summed E-state index contributed by atoms with van der Waals surface area (Å²) < 4.78 is 42.9. The van der Waals surface area contributed by atoms with E-state index in [9.17, 15) is 13.2 Å². The monoisotopic (exact) mass is 382 g/mol. The third kappa shape index (κ3) is 5.91. The van der Waals surface area contributed by atoms with Gasteiger partial charge in [0.2, 0.25) is 0 Å². The van der Waals surface area contributed by atoms with Crippen LogP contribution in [-0.2, 0) is 14.3 Å². The first kappa shape index (κ1) is 20.1. The van der Waals surface area contributed by atoms with Crippen molar-refractivity contribution in [2.45, 2.75) is 38.0 Å². The van der Waals surface area contributed by atoms with Crippen LogP contribution in [0.2, 0.25) is 0 Å². The largest absolute Gasteiger partial charge is 0.490 e. The summed E-state index contributed by atoms with van der Waals surface area (Å²) in [5, 5.41) is 10.4. The Kier molecular flexibility index (Phi) is 7.17.